The number of hydrogen-bond acceptors (Lipinski definition) is 13. The molecule has 0 saturated carbocycles. The van der Waals surface area contributed by atoms with Crippen molar-refractivity contribution in [2.45, 2.75) is 35.5 Å². The van der Waals surface area contributed by atoms with Crippen LogP contribution in [0.3, 0.4) is 0 Å². The highest BCUT2D eigenvalue weighted by Crippen LogP contribution is 2.45. The highest BCUT2D eigenvalue weighted by atomic mass is 32.3. The highest BCUT2D eigenvalue weighted by Gasteiger charge is 2.24. The van der Waals surface area contributed by atoms with Crippen molar-refractivity contribution in [3.8, 4) is 23.6 Å². The fourth-order valence-corrected chi connectivity index (χ4v) is 5.84. The Balaban J connectivity index is 1.67. The molecule has 0 heterocycles. The van der Waals surface area contributed by atoms with Crippen molar-refractivity contribution in [1.29, 1.82) is 10.5 Å². The van der Waals surface area contributed by atoms with E-state index in [0.29, 0.717) is 6.42 Å². The van der Waals surface area contributed by atoms with Crippen molar-refractivity contribution in [1.82, 2.24) is 0 Å². The first-order chi connectivity index (χ1) is 24.8. The summed E-state index contributed by atoms with van der Waals surface area (Å²) < 4.78 is 83.1. The van der Waals surface area contributed by atoms with Gasteiger partial charge in [-0.15, -0.1) is 0 Å². The Bertz CT molecular complexity index is 2190. The molecule has 0 aromatic heterocycles. The third-order valence-corrected chi connectivity index (χ3v) is 8.73. The van der Waals surface area contributed by atoms with Gasteiger partial charge in [0.1, 0.15) is 27.3 Å². The fraction of sp³-hybridized carbons (Fsp3) is 0.235. The maximum absolute atomic E-state index is 12.4. The van der Waals surface area contributed by atoms with Crippen molar-refractivity contribution in [3.63, 3.8) is 0 Å². The summed E-state index contributed by atoms with van der Waals surface area (Å²) in [6, 6.07) is 16.4. The summed E-state index contributed by atoms with van der Waals surface area (Å²) in [5.74, 6) is -1.85. The molecular weight excluding hydrogens is 721 g/mol. The van der Waals surface area contributed by atoms with Crippen LogP contribution in [0, 0.1) is 35.8 Å². The minimum Gasteiger partial charge on any atom is -0.494 e. The van der Waals surface area contributed by atoms with Crippen LogP contribution in [0.5, 0.6) is 11.5 Å². The molecule has 0 spiro atoms. The van der Waals surface area contributed by atoms with E-state index in [2.05, 4.69) is 9.69 Å². The van der Waals surface area contributed by atoms with Gasteiger partial charge in [0.25, 0.3) is 21.5 Å². The van der Waals surface area contributed by atoms with Gasteiger partial charge in [0.2, 0.25) is 0 Å². The monoisotopic (exact) mass is 750 g/mol. The van der Waals surface area contributed by atoms with E-state index in [0.717, 1.165) is 6.07 Å². The first kappa shape index (κ1) is 40.5. The molecule has 0 aliphatic carbocycles. The SMILES string of the molecule is [C-]#[N+]/C(C#N)=c1/cc(OCCCCOC(=O)c2ccccc2S(=O)(=O)O)/c(=C(\C#N)[N+]#[C-])cc1OCCCCOC(=O)c1ccccc1S(O)(O)O. The molecule has 3 aromatic carbocycles. The summed E-state index contributed by atoms with van der Waals surface area (Å²) in [5, 5.41) is 19.2. The maximum atomic E-state index is 12.4. The molecule has 0 radical (unpaired) electrons. The van der Waals surface area contributed by atoms with Crippen molar-refractivity contribution in [2.24, 2.45) is 0 Å². The molecule has 270 valence electrons. The largest absolute Gasteiger partial charge is 0.494 e. The molecule has 18 heteroatoms. The lowest BCUT2D eigenvalue weighted by Crippen LogP contribution is -2.20. The molecular formula is C34H30N4O12S2. The first-order valence-electron chi connectivity index (χ1n) is 15.0. The number of hydrogen-bond donors (Lipinski definition) is 4. The van der Waals surface area contributed by atoms with Gasteiger partial charge in [-0.3, -0.25) is 4.55 Å². The summed E-state index contributed by atoms with van der Waals surface area (Å²) in [4.78, 5) is 30.3. The zero-order valence-corrected chi connectivity index (χ0v) is 28.7. The summed E-state index contributed by atoms with van der Waals surface area (Å²) in [6.07, 6.45) is 1.08. The molecule has 4 N–H and O–H groups in total. The average molecular weight is 751 g/mol. The van der Waals surface area contributed by atoms with Crippen molar-refractivity contribution >= 4 is 44.3 Å². The van der Waals surface area contributed by atoms with Crippen molar-refractivity contribution in [3.05, 3.63) is 105 Å². The number of benzene rings is 3. The number of esters is 2. The highest BCUT2D eigenvalue weighted by molar-refractivity contribution is 8.19. The number of rotatable bonds is 16. The van der Waals surface area contributed by atoms with Gasteiger partial charge in [-0.05, 0) is 62.1 Å². The van der Waals surface area contributed by atoms with Crippen LogP contribution in [-0.4, -0.2) is 65.0 Å². The molecule has 0 aliphatic heterocycles. The van der Waals surface area contributed by atoms with Crippen LogP contribution in [0.15, 0.2) is 70.5 Å². The lowest BCUT2D eigenvalue weighted by Gasteiger charge is -2.21. The zero-order valence-electron chi connectivity index (χ0n) is 27.1. The quantitative estimate of drug-likeness (QED) is 0.0674. The van der Waals surface area contributed by atoms with E-state index in [1.54, 1.807) is 12.1 Å². The standard InChI is InChI=1S/C34H30N4O12S2/c1-37-27(21-35)25-19-30(48-16-8-10-18-50-34(40)24-12-4-6-14-32(24)52(44,45)46)26(28(22-36)38-2)20-29(25)47-15-7-9-17-49-33(39)23-11-3-5-13-31(23)51(41,42)43/h3-6,11-14,19-20,41-43H,7-10,15-18H2,(H,44,45,46)/b27-25-,28-26+. The minimum absolute atomic E-state index is 0.00228. The smallest absolute Gasteiger partial charge is 0.339 e. The topological polar surface area (TPSA) is 242 Å². The van der Waals surface area contributed by atoms with E-state index in [-0.39, 0.29) is 95.0 Å². The Kier molecular flexibility index (Phi) is 14.7. The number of carbonyl (C=O) groups is 2. The Morgan fingerprint density at radius 1 is 0.654 bits per heavy atom. The summed E-state index contributed by atoms with van der Waals surface area (Å²) >= 11 is 0. The number of ether oxygens (including phenoxy) is 4. The van der Waals surface area contributed by atoms with Crippen LogP contribution in [0.4, 0.5) is 0 Å². The van der Waals surface area contributed by atoms with Crippen molar-refractivity contribution in [2.75, 3.05) is 26.4 Å². The van der Waals surface area contributed by atoms with Gasteiger partial charge >= 0.3 is 11.9 Å². The molecule has 0 bridgehead atoms. The second-order valence-electron chi connectivity index (χ2n) is 10.4. The fourth-order valence-electron chi connectivity index (χ4n) is 4.45. The minimum atomic E-state index is -4.66. The second-order valence-corrected chi connectivity index (χ2v) is 13.2. The number of nitrogens with zero attached hydrogens (tertiary/aromatic N) is 4. The van der Waals surface area contributed by atoms with Gasteiger partial charge in [0.05, 0.1) is 67.7 Å². The average Bonchev–Trinajstić information content (AvgIpc) is 3.12. The van der Waals surface area contributed by atoms with E-state index < -0.39 is 37.8 Å². The van der Waals surface area contributed by atoms with Crippen LogP contribution >= 0.6 is 10.9 Å². The Hall–Kier alpha value is -5.96. The van der Waals surface area contributed by atoms with Gasteiger partial charge in [0.15, 0.2) is 0 Å². The third-order valence-electron chi connectivity index (χ3n) is 6.87. The van der Waals surface area contributed by atoms with E-state index in [4.69, 9.17) is 32.1 Å². The van der Waals surface area contributed by atoms with Crippen molar-refractivity contribution < 1.29 is 55.2 Å². The van der Waals surface area contributed by atoms with E-state index in [9.17, 15) is 46.7 Å². The Morgan fingerprint density at radius 2 is 1.04 bits per heavy atom. The Labute approximate surface area is 299 Å². The molecule has 16 nitrogen and oxygen atoms in total. The van der Waals surface area contributed by atoms with Crippen LogP contribution in [-0.2, 0) is 19.6 Å². The number of nitriles is 2. The van der Waals surface area contributed by atoms with E-state index >= 15 is 0 Å². The summed E-state index contributed by atoms with van der Waals surface area (Å²) in [7, 11) is -8.82. The van der Waals surface area contributed by atoms with Crippen LogP contribution in [0.25, 0.3) is 21.1 Å². The zero-order chi connectivity index (χ0) is 38.3. The van der Waals surface area contributed by atoms with Gasteiger partial charge in [-0.1, -0.05) is 24.3 Å². The molecule has 0 unspecified atom stereocenters. The van der Waals surface area contributed by atoms with Crippen LogP contribution < -0.4 is 19.9 Å². The molecule has 0 fully saturated rings. The van der Waals surface area contributed by atoms with Gasteiger partial charge in [-0.2, -0.15) is 8.42 Å². The predicted molar refractivity (Wildman–Crippen MR) is 183 cm³/mol. The third kappa shape index (κ3) is 11.0. The van der Waals surface area contributed by atoms with Crippen LogP contribution in [0.2, 0.25) is 0 Å². The predicted octanol–water partition coefficient (Wildman–Crippen LogP) is 4.65. The summed E-state index contributed by atoms with van der Waals surface area (Å²) in [6.45, 7) is 14.6. The van der Waals surface area contributed by atoms with Gasteiger partial charge in [0, 0.05) is 10.4 Å². The van der Waals surface area contributed by atoms with Crippen LogP contribution in [0.1, 0.15) is 46.4 Å². The Morgan fingerprint density at radius 3 is 1.42 bits per heavy atom. The maximum Gasteiger partial charge on any atom is 0.339 e. The lowest BCUT2D eigenvalue weighted by molar-refractivity contribution is 0.0480. The van der Waals surface area contributed by atoms with E-state index in [1.807, 2.05) is 0 Å². The number of unbranched alkanes of at least 4 members (excludes halogenated alkanes) is 2. The normalized spacial score (nSPS) is 12.5. The van der Waals surface area contributed by atoms with Gasteiger partial charge in [-0.25, -0.2) is 29.8 Å². The molecule has 0 saturated heterocycles. The molecule has 0 amide bonds. The van der Waals surface area contributed by atoms with E-state index in [1.165, 1.54) is 54.6 Å². The number of carbonyl (C=O) groups excluding carboxylic acids is 2. The summed E-state index contributed by atoms with van der Waals surface area (Å²) in [5.41, 5.74) is -1.29. The van der Waals surface area contributed by atoms with Gasteiger partial charge < -0.3 is 32.6 Å². The molecule has 3 rings (SSSR count). The first-order valence-corrected chi connectivity index (χ1v) is 17.9. The second kappa shape index (κ2) is 18.9. The molecule has 0 aliphatic rings. The molecule has 3 aromatic rings. The molecule has 0 atom stereocenters. The lowest BCUT2D eigenvalue weighted by atomic mass is 10.1. The molecule has 52 heavy (non-hydrogen) atoms.